The van der Waals surface area contributed by atoms with Crippen molar-refractivity contribution in [1.29, 1.82) is 0 Å². The van der Waals surface area contributed by atoms with E-state index >= 15 is 0 Å². The van der Waals surface area contributed by atoms with E-state index in [-0.39, 0.29) is 28.1 Å². The van der Waals surface area contributed by atoms with Gasteiger partial charge in [0.1, 0.15) is 28.3 Å². The molecule has 0 aliphatic heterocycles. The Morgan fingerprint density at radius 2 is 1.92 bits per heavy atom. The molecule has 1 atom stereocenters. The van der Waals surface area contributed by atoms with Crippen LogP contribution in [0.2, 0.25) is 5.02 Å². The van der Waals surface area contributed by atoms with Gasteiger partial charge in [0.25, 0.3) is 5.69 Å². The minimum Gasteiger partial charge on any atom is -0.456 e. The zero-order valence-electron chi connectivity index (χ0n) is 13.1. The molecule has 2 rings (SSSR count). The van der Waals surface area contributed by atoms with Gasteiger partial charge in [-0.1, -0.05) is 29.8 Å². The minimum absolute atomic E-state index is 0.0313. The molecule has 2 aromatic carbocycles. The monoisotopic (exact) mass is 349 g/mol. The Labute approximate surface area is 143 Å². The average Bonchev–Trinajstić information content (AvgIpc) is 2.58. The van der Waals surface area contributed by atoms with Crippen LogP contribution in [0, 0.1) is 10.1 Å². The van der Waals surface area contributed by atoms with Crippen molar-refractivity contribution >= 4 is 28.9 Å². The van der Waals surface area contributed by atoms with Gasteiger partial charge in [0.2, 0.25) is 5.91 Å². The number of likely N-dealkylation sites (N-methyl/N-ethyl adjacent to an activating group) is 1. The number of anilines is 1. The van der Waals surface area contributed by atoms with Gasteiger partial charge in [0.05, 0.1) is 4.92 Å². The third-order valence-corrected chi connectivity index (χ3v) is 3.63. The predicted octanol–water partition coefficient (Wildman–Crippen LogP) is 3.59. The number of carbonyl (C=O) groups excluding carboxylic acids is 1. The van der Waals surface area contributed by atoms with E-state index in [1.807, 2.05) is 6.07 Å². The molecule has 0 spiro atoms. The molecule has 24 heavy (non-hydrogen) atoms. The van der Waals surface area contributed by atoms with E-state index < -0.39 is 11.0 Å². The highest BCUT2D eigenvalue weighted by molar-refractivity contribution is 6.35. The number of rotatable bonds is 6. The zero-order valence-corrected chi connectivity index (χ0v) is 13.8. The molecular formula is C16H16ClN3O4. The molecule has 7 nitrogen and oxygen atoms in total. The summed E-state index contributed by atoms with van der Waals surface area (Å²) in [5, 5.41) is 16.5. The number of nitro benzene ring substituents is 1. The van der Waals surface area contributed by atoms with E-state index in [4.69, 9.17) is 16.3 Å². The van der Waals surface area contributed by atoms with E-state index in [0.29, 0.717) is 5.75 Å². The molecule has 2 N–H and O–H groups in total. The lowest BCUT2D eigenvalue weighted by Gasteiger charge is -2.17. The van der Waals surface area contributed by atoms with E-state index in [2.05, 4.69) is 10.6 Å². The van der Waals surface area contributed by atoms with Crippen molar-refractivity contribution in [2.75, 3.05) is 12.4 Å². The highest BCUT2D eigenvalue weighted by Gasteiger charge is 2.24. The normalized spacial score (nSPS) is 11.5. The largest absolute Gasteiger partial charge is 0.456 e. The zero-order chi connectivity index (χ0) is 17.7. The molecular weight excluding hydrogens is 334 g/mol. The first-order chi connectivity index (χ1) is 11.4. The fourth-order valence-electron chi connectivity index (χ4n) is 2.03. The molecule has 2 aromatic rings. The van der Waals surface area contributed by atoms with Crippen molar-refractivity contribution in [2.45, 2.75) is 13.0 Å². The lowest BCUT2D eigenvalue weighted by atomic mass is 10.2. The summed E-state index contributed by atoms with van der Waals surface area (Å²) in [5.41, 5.74) is -0.206. The second-order valence-corrected chi connectivity index (χ2v) is 5.30. The smallest absolute Gasteiger partial charge is 0.294 e. The van der Waals surface area contributed by atoms with Crippen LogP contribution < -0.4 is 15.4 Å². The first-order valence-corrected chi connectivity index (χ1v) is 7.49. The second kappa shape index (κ2) is 7.65. The van der Waals surface area contributed by atoms with Crippen LogP contribution in [0.25, 0.3) is 0 Å². The second-order valence-electron chi connectivity index (χ2n) is 4.92. The molecule has 0 aliphatic rings. The maximum atomic E-state index is 11.7. The highest BCUT2D eigenvalue weighted by Crippen LogP contribution is 2.41. The van der Waals surface area contributed by atoms with Crippen molar-refractivity contribution in [3.63, 3.8) is 0 Å². The Morgan fingerprint density at radius 3 is 2.50 bits per heavy atom. The summed E-state index contributed by atoms with van der Waals surface area (Å²) >= 11 is 6.28. The van der Waals surface area contributed by atoms with Crippen molar-refractivity contribution in [3.05, 3.63) is 57.6 Å². The van der Waals surface area contributed by atoms with Crippen LogP contribution in [0.4, 0.5) is 11.4 Å². The van der Waals surface area contributed by atoms with Gasteiger partial charge in [0.15, 0.2) is 0 Å². The third kappa shape index (κ3) is 3.94. The molecule has 0 saturated carbocycles. The van der Waals surface area contributed by atoms with E-state index in [1.54, 1.807) is 31.2 Å². The van der Waals surface area contributed by atoms with Gasteiger partial charge in [-0.25, -0.2) is 0 Å². The fourth-order valence-corrected chi connectivity index (χ4v) is 2.28. The Morgan fingerprint density at radius 1 is 1.25 bits per heavy atom. The average molecular weight is 350 g/mol. The van der Waals surface area contributed by atoms with Crippen LogP contribution in [-0.4, -0.2) is 23.9 Å². The van der Waals surface area contributed by atoms with E-state index in [1.165, 1.54) is 19.2 Å². The van der Waals surface area contributed by atoms with Gasteiger partial charge in [0, 0.05) is 13.1 Å². The summed E-state index contributed by atoms with van der Waals surface area (Å²) in [7, 11) is 1.48. The number of ether oxygens (including phenoxy) is 1. The van der Waals surface area contributed by atoms with Gasteiger partial charge >= 0.3 is 0 Å². The number of nitrogens with one attached hydrogen (secondary N) is 2. The first-order valence-electron chi connectivity index (χ1n) is 7.12. The SMILES string of the molecule is CNC(=O)C(C)Nc1c([N+](=O)[O-])ccc(Oc2ccccc2)c1Cl. The topological polar surface area (TPSA) is 93.5 Å². The minimum atomic E-state index is -0.710. The Kier molecular flexibility index (Phi) is 5.59. The number of nitro groups is 1. The summed E-state index contributed by atoms with van der Waals surface area (Å²) in [6.45, 7) is 1.57. The lowest BCUT2D eigenvalue weighted by molar-refractivity contribution is -0.384. The molecule has 0 heterocycles. The fraction of sp³-hybridized carbons (Fsp3) is 0.188. The molecule has 0 fully saturated rings. The Hall–Kier alpha value is -2.80. The van der Waals surface area contributed by atoms with Crippen LogP contribution >= 0.6 is 11.6 Å². The number of hydrogen-bond donors (Lipinski definition) is 2. The number of hydrogen-bond acceptors (Lipinski definition) is 5. The number of nitrogens with zero attached hydrogens (tertiary/aromatic N) is 1. The van der Waals surface area contributed by atoms with Crippen molar-refractivity contribution in [3.8, 4) is 11.5 Å². The molecule has 1 amide bonds. The van der Waals surface area contributed by atoms with E-state index in [9.17, 15) is 14.9 Å². The van der Waals surface area contributed by atoms with Gasteiger partial charge < -0.3 is 15.4 Å². The standard InChI is InChI=1S/C16H16ClN3O4/c1-10(16(21)18-2)19-15-12(20(22)23)8-9-13(14(15)17)24-11-6-4-3-5-7-11/h3-10,19H,1-2H3,(H,18,21). The number of amides is 1. The maximum Gasteiger partial charge on any atom is 0.294 e. The van der Waals surface area contributed by atoms with Crippen LogP contribution in [0.3, 0.4) is 0 Å². The van der Waals surface area contributed by atoms with Crippen LogP contribution in [-0.2, 0) is 4.79 Å². The molecule has 0 saturated heterocycles. The summed E-state index contributed by atoms with van der Waals surface area (Å²) in [6.07, 6.45) is 0. The molecule has 0 radical (unpaired) electrons. The molecule has 8 heteroatoms. The van der Waals surface area contributed by atoms with Crippen LogP contribution in [0.1, 0.15) is 6.92 Å². The van der Waals surface area contributed by atoms with Gasteiger partial charge in [-0.05, 0) is 25.1 Å². The first kappa shape index (κ1) is 17.6. The molecule has 0 aliphatic carbocycles. The Bertz CT molecular complexity index is 752. The number of halogens is 1. The number of para-hydroxylation sites is 1. The quantitative estimate of drug-likeness (QED) is 0.614. The van der Waals surface area contributed by atoms with Crippen molar-refractivity contribution < 1.29 is 14.5 Å². The lowest BCUT2D eigenvalue weighted by Crippen LogP contribution is -2.35. The molecule has 0 bridgehead atoms. The number of benzene rings is 2. The molecule has 1 unspecified atom stereocenters. The van der Waals surface area contributed by atoms with Gasteiger partial charge in [-0.3, -0.25) is 14.9 Å². The van der Waals surface area contributed by atoms with Crippen LogP contribution in [0.5, 0.6) is 11.5 Å². The predicted molar refractivity (Wildman–Crippen MR) is 91.8 cm³/mol. The molecule has 0 aromatic heterocycles. The Balaban J connectivity index is 2.40. The van der Waals surface area contributed by atoms with Crippen LogP contribution in [0.15, 0.2) is 42.5 Å². The van der Waals surface area contributed by atoms with E-state index in [0.717, 1.165) is 0 Å². The summed E-state index contributed by atoms with van der Waals surface area (Å²) in [5.74, 6) is 0.466. The highest BCUT2D eigenvalue weighted by atomic mass is 35.5. The third-order valence-electron chi connectivity index (χ3n) is 3.25. The van der Waals surface area contributed by atoms with Gasteiger partial charge in [-0.15, -0.1) is 0 Å². The summed E-state index contributed by atoms with van der Waals surface area (Å²) < 4.78 is 5.66. The summed E-state index contributed by atoms with van der Waals surface area (Å²) in [4.78, 5) is 22.3. The number of carbonyl (C=O) groups is 1. The van der Waals surface area contributed by atoms with Crippen molar-refractivity contribution in [2.24, 2.45) is 0 Å². The van der Waals surface area contributed by atoms with Crippen molar-refractivity contribution in [1.82, 2.24) is 5.32 Å². The van der Waals surface area contributed by atoms with Gasteiger partial charge in [-0.2, -0.15) is 0 Å². The summed E-state index contributed by atoms with van der Waals surface area (Å²) in [6, 6.07) is 10.9. The maximum absolute atomic E-state index is 11.7. The molecule has 126 valence electrons.